The van der Waals surface area contributed by atoms with Crippen LogP contribution in [0, 0.1) is 0 Å². The van der Waals surface area contributed by atoms with Crippen molar-refractivity contribution < 1.29 is 22.7 Å². The van der Waals surface area contributed by atoms with Crippen molar-refractivity contribution in [3.8, 4) is 11.5 Å². The van der Waals surface area contributed by atoms with Gasteiger partial charge in [-0.1, -0.05) is 23.2 Å². The molecule has 0 aliphatic rings. The molecule has 11 heteroatoms. The van der Waals surface area contributed by atoms with Crippen LogP contribution in [0.2, 0.25) is 10.0 Å². The lowest BCUT2D eigenvalue weighted by atomic mass is 10.2. The number of carbonyl (C=O) groups excluding carboxylic acids is 1. The van der Waals surface area contributed by atoms with Crippen molar-refractivity contribution in [1.29, 1.82) is 0 Å². The van der Waals surface area contributed by atoms with E-state index >= 15 is 0 Å². The van der Waals surface area contributed by atoms with Crippen molar-refractivity contribution in [2.45, 2.75) is 4.90 Å². The molecule has 0 aliphatic carbocycles. The second kappa shape index (κ2) is 9.94. The number of halogens is 2. The topological polar surface area (TPSA) is 84.9 Å². The molecule has 7 nitrogen and oxygen atoms in total. The summed E-state index contributed by atoms with van der Waals surface area (Å²) in [4.78, 5) is 13.4. The molecule has 35 heavy (non-hydrogen) atoms. The average Bonchev–Trinajstić information content (AvgIpc) is 3.27. The number of hydrogen-bond donors (Lipinski definition) is 1. The Labute approximate surface area is 216 Å². The van der Waals surface area contributed by atoms with Crippen LogP contribution in [-0.4, -0.2) is 35.6 Å². The molecule has 0 fully saturated rings. The Balaban J connectivity index is 1.62. The van der Waals surface area contributed by atoms with Gasteiger partial charge < -0.3 is 14.8 Å². The van der Waals surface area contributed by atoms with Crippen LogP contribution in [0.25, 0.3) is 10.1 Å². The standard InChI is InChI=1S/C24H20Cl2N2O5S2/c1-28(35(30,31)17-6-8-20(32-2)18(26)13-17)16-5-9-22-14(10-16)11-23(34-22)24(29)27-19-12-15(25)4-7-21(19)33-3/h4-13H,1-3H3,(H,27,29). The lowest BCUT2D eigenvalue weighted by Gasteiger charge is -2.20. The molecule has 3 aromatic carbocycles. The monoisotopic (exact) mass is 550 g/mol. The number of anilines is 2. The number of hydrogen-bond acceptors (Lipinski definition) is 6. The molecule has 1 N–H and O–H groups in total. The quantitative estimate of drug-likeness (QED) is 0.291. The molecule has 0 saturated heterocycles. The van der Waals surface area contributed by atoms with E-state index in [1.165, 1.54) is 55.1 Å². The molecular formula is C24H20Cl2N2O5S2. The van der Waals surface area contributed by atoms with Gasteiger partial charge in [0.25, 0.3) is 15.9 Å². The zero-order valence-corrected chi connectivity index (χ0v) is 22.0. The summed E-state index contributed by atoms with van der Waals surface area (Å²) in [6, 6.07) is 16.1. The van der Waals surface area contributed by atoms with Crippen molar-refractivity contribution in [3.05, 3.63) is 75.6 Å². The van der Waals surface area contributed by atoms with Crippen LogP contribution < -0.4 is 19.1 Å². The van der Waals surface area contributed by atoms with Gasteiger partial charge in [-0.15, -0.1) is 11.3 Å². The fourth-order valence-corrected chi connectivity index (χ4v) is 6.05. The molecule has 1 heterocycles. The number of sulfonamides is 1. The fraction of sp³-hybridized carbons (Fsp3) is 0.125. The van der Waals surface area contributed by atoms with E-state index in [2.05, 4.69) is 5.32 Å². The van der Waals surface area contributed by atoms with Crippen molar-refractivity contribution in [2.24, 2.45) is 0 Å². The molecule has 182 valence electrons. The summed E-state index contributed by atoms with van der Waals surface area (Å²) in [6.45, 7) is 0. The summed E-state index contributed by atoms with van der Waals surface area (Å²) in [6.07, 6.45) is 0. The highest BCUT2D eigenvalue weighted by Crippen LogP contribution is 2.34. The molecule has 0 saturated carbocycles. The number of rotatable bonds is 7. The largest absolute Gasteiger partial charge is 0.495 e. The fourth-order valence-electron chi connectivity index (χ4n) is 3.40. The van der Waals surface area contributed by atoms with Crippen molar-refractivity contribution in [1.82, 2.24) is 0 Å². The molecule has 4 rings (SSSR count). The van der Waals surface area contributed by atoms with E-state index in [1.807, 2.05) is 0 Å². The number of nitrogens with zero attached hydrogens (tertiary/aromatic N) is 1. The predicted molar refractivity (Wildman–Crippen MR) is 141 cm³/mol. The molecular weight excluding hydrogens is 531 g/mol. The number of benzene rings is 3. The van der Waals surface area contributed by atoms with Crippen LogP contribution in [0.3, 0.4) is 0 Å². The summed E-state index contributed by atoms with van der Waals surface area (Å²) in [5, 5.41) is 4.20. The van der Waals surface area contributed by atoms with Gasteiger partial charge in [0.1, 0.15) is 11.5 Å². The summed E-state index contributed by atoms with van der Waals surface area (Å²) in [7, 11) is 0.539. The van der Waals surface area contributed by atoms with Crippen molar-refractivity contribution in [3.63, 3.8) is 0 Å². The summed E-state index contributed by atoms with van der Waals surface area (Å²) >= 11 is 13.5. The van der Waals surface area contributed by atoms with E-state index in [-0.39, 0.29) is 15.8 Å². The third-order valence-corrected chi connectivity index (χ3v) is 8.71. The number of thiophene rings is 1. The minimum Gasteiger partial charge on any atom is -0.495 e. The minimum absolute atomic E-state index is 0.0340. The Morgan fingerprint density at radius 1 is 0.943 bits per heavy atom. The van der Waals surface area contributed by atoms with Crippen LogP contribution in [0.5, 0.6) is 11.5 Å². The zero-order valence-electron chi connectivity index (χ0n) is 18.8. The highest BCUT2D eigenvalue weighted by atomic mass is 35.5. The highest BCUT2D eigenvalue weighted by molar-refractivity contribution is 7.92. The molecule has 0 spiro atoms. The first-order valence-corrected chi connectivity index (χ1v) is 13.2. The Morgan fingerprint density at radius 3 is 2.34 bits per heavy atom. The van der Waals surface area contributed by atoms with Gasteiger partial charge in [0, 0.05) is 16.8 Å². The summed E-state index contributed by atoms with van der Waals surface area (Å²) < 4.78 is 38.7. The second-order valence-electron chi connectivity index (χ2n) is 7.40. The van der Waals surface area contributed by atoms with E-state index in [9.17, 15) is 13.2 Å². The summed E-state index contributed by atoms with van der Waals surface area (Å²) in [5.41, 5.74) is 0.887. The normalized spacial score (nSPS) is 11.3. The van der Waals surface area contributed by atoms with Crippen molar-refractivity contribution in [2.75, 3.05) is 30.9 Å². The van der Waals surface area contributed by atoms with Crippen LogP contribution in [-0.2, 0) is 10.0 Å². The second-order valence-corrected chi connectivity index (χ2v) is 11.3. The van der Waals surface area contributed by atoms with Gasteiger partial charge in [0.05, 0.1) is 40.4 Å². The lowest BCUT2D eigenvalue weighted by molar-refractivity contribution is 0.103. The maximum absolute atomic E-state index is 13.2. The number of carbonyl (C=O) groups is 1. The molecule has 1 aromatic heterocycles. The van der Waals surface area contributed by atoms with E-state index in [1.54, 1.807) is 42.5 Å². The number of fused-ring (bicyclic) bond motifs is 1. The van der Waals surface area contributed by atoms with E-state index < -0.39 is 10.0 Å². The molecule has 0 atom stereocenters. The maximum Gasteiger partial charge on any atom is 0.265 e. The molecule has 0 unspecified atom stereocenters. The van der Waals surface area contributed by atoms with Gasteiger partial charge in [-0.05, 0) is 66.0 Å². The molecule has 0 radical (unpaired) electrons. The van der Waals surface area contributed by atoms with E-state index in [4.69, 9.17) is 32.7 Å². The Kier molecular flexibility index (Phi) is 7.14. The third kappa shape index (κ3) is 5.04. The number of amides is 1. The molecule has 0 bridgehead atoms. The van der Waals surface area contributed by atoms with Gasteiger partial charge in [-0.25, -0.2) is 8.42 Å². The predicted octanol–water partition coefficient (Wildman–Crippen LogP) is 6.30. The molecule has 1 amide bonds. The Hall–Kier alpha value is -2.98. The number of nitrogens with one attached hydrogen (secondary N) is 1. The first-order valence-electron chi connectivity index (χ1n) is 10.1. The lowest BCUT2D eigenvalue weighted by Crippen LogP contribution is -2.26. The first kappa shape index (κ1) is 25.1. The van der Waals surface area contributed by atoms with Crippen LogP contribution in [0.4, 0.5) is 11.4 Å². The number of ether oxygens (including phenoxy) is 2. The zero-order chi connectivity index (χ0) is 25.3. The highest BCUT2D eigenvalue weighted by Gasteiger charge is 2.23. The van der Waals surface area contributed by atoms with Gasteiger partial charge in [-0.3, -0.25) is 9.10 Å². The smallest absolute Gasteiger partial charge is 0.265 e. The van der Waals surface area contributed by atoms with Crippen LogP contribution >= 0.6 is 34.5 Å². The van der Waals surface area contributed by atoms with E-state index in [0.29, 0.717) is 32.8 Å². The Bertz CT molecular complexity index is 1540. The first-order chi connectivity index (χ1) is 16.6. The molecule has 0 aliphatic heterocycles. The Morgan fingerprint density at radius 2 is 1.66 bits per heavy atom. The maximum atomic E-state index is 13.2. The van der Waals surface area contributed by atoms with Crippen LogP contribution in [0.1, 0.15) is 9.67 Å². The van der Waals surface area contributed by atoms with Gasteiger partial charge in [0.2, 0.25) is 0 Å². The van der Waals surface area contributed by atoms with Gasteiger partial charge in [-0.2, -0.15) is 0 Å². The van der Waals surface area contributed by atoms with E-state index in [0.717, 1.165) is 10.1 Å². The summed E-state index contributed by atoms with van der Waals surface area (Å²) in [5.74, 6) is 0.535. The van der Waals surface area contributed by atoms with Crippen LogP contribution in [0.15, 0.2) is 65.6 Å². The average molecular weight is 551 g/mol. The SMILES string of the molecule is COc1ccc(S(=O)(=O)N(C)c2ccc3sc(C(=O)Nc4cc(Cl)ccc4OC)cc3c2)cc1Cl. The number of methoxy groups -OCH3 is 2. The third-order valence-electron chi connectivity index (χ3n) is 5.28. The minimum atomic E-state index is -3.88. The van der Waals surface area contributed by atoms with Gasteiger partial charge in [0.15, 0.2) is 0 Å². The van der Waals surface area contributed by atoms with Crippen molar-refractivity contribution >= 4 is 71.9 Å². The van der Waals surface area contributed by atoms with Gasteiger partial charge >= 0.3 is 0 Å². The molecule has 4 aromatic rings.